The number of likely N-dealkylation sites (tertiary alicyclic amines) is 2. The van der Waals surface area contributed by atoms with Gasteiger partial charge in [-0.25, -0.2) is 4.79 Å². The van der Waals surface area contributed by atoms with Gasteiger partial charge in [-0.3, -0.25) is 9.59 Å². The monoisotopic (exact) mass is 575 g/mol. The van der Waals surface area contributed by atoms with E-state index in [9.17, 15) is 14.4 Å². The van der Waals surface area contributed by atoms with Crippen LogP contribution in [0.1, 0.15) is 69.8 Å². The van der Waals surface area contributed by atoms with E-state index < -0.39 is 0 Å². The van der Waals surface area contributed by atoms with Crippen molar-refractivity contribution in [3.8, 4) is 0 Å². The highest BCUT2D eigenvalue weighted by Crippen LogP contribution is 2.47. The molecule has 1 aromatic carbocycles. The third-order valence-corrected chi connectivity index (χ3v) is 11.1. The molecule has 5 aliphatic rings. The number of hydrogen-bond acceptors (Lipinski definition) is 4. The molecule has 2 saturated heterocycles. The molecule has 1 aromatic rings. The number of halogens is 2. The van der Waals surface area contributed by atoms with Gasteiger partial charge in [0.1, 0.15) is 6.10 Å². The van der Waals surface area contributed by atoms with Gasteiger partial charge in [0.15, 0.2) is 0 Å². The Balaban J connectivity index is 1.14. The minimum absolute atomic E-state index is 0.00653. The van der Waals surface area contributed by atoms with Crippen LogP contribution in [0.15, 0.2) is 18.2 Å². The lowest BCUT2D eigenvalue weighted by atomic mass is 9.93. The third kappa shape index (κ3) is 5.26. The van der Waals surface area contributed by atoms with Crippen molar-refractivity contribution < 1.29 is 19.1 Å². The van der Waals surface area contributed by atoms with Gasteiger partial charge in [-0.05, 0) is 80.9 Å². The molecule has 0 radical (unpaired) electrons. The maximum Gasteiger partial charge on any atom is 0.410 e. The molecule has 0 aromatic heterocycles. The number of amides is 3. The minimum Gasteiger partial charge on any atom is -0.446 e. The van der Waals surface area contributed by atoms with Crippen LogP contribution in [-0.2, 0) is 14.3 Å². The predicted molar refractivity (Wildman–Crippen MR) is 150 cm³/mol. The smallest absolute Gasteiger partial charge is 0.410 e. The molecule has 5 fully saturated rings. The van der Waals surface area contributed by atoms with E-state index in [0.717, 1.165) is 31.2 Å². The molecular weight excluding hydrogens is 537 g/mol. The fraction of sp³-hybridized carbons (Fsp3) is 0.700. The SMILES string of the molecule is CN(C(=O)O[C@@H]1CC2CC[C@@H]1C2)[C@@H]1CN(C(=O)C2CCN(C(=O)C3(C)CC3)CC2)C[C@H]1c1ccc(Cl)c(Cl)c1. The van der Waals surface area contributed by atoms with Crippen LogP contribution in [0.2, 0.25) is 10.0 Å². The Morgan fingerprint density at radius 1 is 0.974 bits per heavy atom. The second-order valence-electron chi connectivity index (χ2n) is 12.9. The number of fused-ring (bicyclic) bond motifs is 2. The number of nitrogens with zero attached hydrogens (tertiary/aromatic N) is 3. The number of benzene rings is 1. The second kappa shape index (κ2) is 10.4. The van der Waals surface area contributed by atoms with Gasteiger partial charge in [0, 0.05) is 50.5 Å². The quantitative estimate of drug-likeness (QED) is 0.459. The highest BCUT2D eigenvalue weighted by molar-refractivity contribution is 6.42. The molecule has 3 aliphatic carbocycles. The number of carbonyl (C=O) groups excluding carboxylic acids is 3. The van der Waals surface area contributed by atoms with Crippen molar-refractivity contribution in [3.05, 3.63) is 33.8 Å². The molecule has 0 spiro atoms. The lowest BCUT2D eigenvalue weighted by Gasteiger charge is -2.34. The summed E-state index contributed by atoms with van der Waals surface area (Å²) in [6.45, 7) is 4.26. The summed E-state index contributed by atoms with van der Waals surface area (Å²) in [6, 6.07) is 5.35. The zero-order valence-electron chi connectivity index (χ0n) is 22.9. The average molecular weight is 577 g/mol. The topological polar surface area (TPSA) is 70.2 Å². The van der Waals surface area contributed by atoms with Gasteiger partial charge in [-0.1, -0.05) is 36.2 Å². The third-order valence-electron chi connectivity index (χ3n) is 10.3. The highest BCUT2D eigenvalue weighted by atomic mass is 35.5. The molecule has 5 atom stereocenters. The van der Waals surface area contributed by atoms with E-state index >= 15 is 0 Å². The summed E-state index contributed by atoms with van der Waals surface area (Å²) in [7, 11) is 1.79. The zero-order valence-corrected chi connectivity index (χ0v) is 24.4. The molecular formula is C30H39Cl2N3O4. The van der Waals surface area contributed by atoms with Gasteiger partial charge in [0.25, 0.3) is 0 Å². The first-order chi connectivity index (χ1) is 18.6. The van der Waals surface area contributed by atoms with Gasteiger partial charge < -0.3 is 19.4 Å². The summed E-state index contributed by atoms with van der Waals surface area (Å²) < 4.78 is 6.02. The van der Waals surface area contributed by atoms with Crippen LogP contribution < -0.4 is 0 Å². The molecule has 2 heterocycles. The van der Waals surface area contributed by atoms with E-state index in [1.165, 1.54) is 12.8 Å². The Labute approximate surface area is 241 Å². The van der Waals surface area contributed by atoms with Gasteiger partial charge in [-0.15, -0.1) is 0 Å². The maximum atomic E-state index is 13.7. The molecule has 1 unspecified atom stereocenters. The maximum absolute atomic E-state index is 13.7. The van der Waals surface area contributed by atoms with Crippen LogP contribution in [0.3, 0.4) is 0 Å². The Kier molecular flexibility index (Phi) is 7.28. The van der Waals surface area contributed by atoms with Crippen molar-refractivity contribution in [2.45, 2.75) is 76.4 Å². The van der Waals surface area contributed by atoms with Crippen LogP contribution in [0.25, 0.3) is 0 Å². The van der Waals surface area contributed by atoms with Gasteiger partial charge in [-0.2, -0.15) is 0 Å². The summed E-state index contributed by atoms with van der Waals surface area (Å²) in [5, 5.41) is 0.944. The molecule has 2 bridgehead atoms. The molecule has 0 N–H and O–H groups in total. The first kappa shape index (κ1) is 27.2. The van der Waals surface area contributed by atoms with E-state index in [0.29, 0.717) is 60.9 Å². The predicted octanol–water partition coefficient (Wildman–Crippen LogP) is 5.58. The zero-order chi connectivity index (χ0) is 27.5. The van der Waals surface area contributed by atoms with Crippen LogP contribution in [0, 0.1) is 23.2 Å². The Bertz CT molecular complexity index is 1150. The van der Waals surface area contributed by atoms with Gasteiger partial charge in [0.2, 0.25) is 11.8 Å². The van der Waals surface area contributed by atoms with E-state index in [4.69, 9.17) is 27.9 Å². The number of rotatable bonds is 5. The number of ether oxygens (including phenoxy) is 1. The van der Waals surface area contributed by atoms with Crippen molar-refractivity contribution in [1.29, 1.82) is 0 Å². The molecule has 3 saturated carbocycles. The van der Waals surface area contributed by atoms with Crippen molar-refractivity contribution in [1.82, 2.24) is 14.7 Å². The van der Waals surface area contributed by atoms with Crippen molar-refractivity contribution in [2.75, 3.05) is 33.2 Å². The van der Waals surface area contributed by atoms with Crippen LogP contribution in [-0.4, -0.2) is 78.0 Å². The molecule has 7 nitrogen and oxygen atoms in total. The Hall–Kier alpha value is -1.99. The molecule has 39 heavy (non-hydrogen) atoms. The largest absolute Gasteiger partial charge is 0.446 e. The number of carbonyl (C=O) groups is 3. The first-order valence-electron chi connectivity index (χ1n) is 14.6. The summed E-state index contributed by atoms with van der Waals surface area (Å²) >= 11 is 12.6. The fourth-order valence-electron chi connectivity index (χ4n) is 7.48. The van der Waals surface area contributed by atoms with Crippen molar-refractivity contribution in [3.63, 3.8) is 0 Å². The fourth-order valence-corrected chi connectivity index (χ4v) is 7.79. The summed E-state index contributed by atoms with van der Waals surface area (Å²) in [6.07, 6.45) is 7.53. The number of piperidine rings is 1. The minimum atomic E-state index is -0.308. The van der Waals surface area contributed by atoms with Crippen molar-refractivity contribution in [2.24, 2.45) is 23.2 Å². The normalized spacial score (nSPS) is 31.4. The number of hydrogen-bond donors (Lipinski definition) is 0. The molecule has 212 valence electrons. The van der Waals surface area contributed by atoms with Gasteiger partial charge >= 0.3 is 6.09 Å². The van der Waals surface area contributed by atoms with E-state index in [1.54, 1.807) is 18.0 Å². The second-order valence-corrected chi connectivity index (χ2v) is 13.7. The summed E-state index contributed by atoms with van der Waals surface area (Å²) in [5.74, 6) is 1.32. The van der Waals surface area contributed by atoms with E-state index in [2.05, 4.69) is 0 Å². The first-order valence-corrected chi connectivity index (χ1v) is 15.3. The Morgan fingerprint density at radius 3 is 2.33 bits per heavy atom. The van der Waals surface area contributed by atoms with Crippen LogP contribution in [0.5, 0.6) is 0 Å². The van der Waals surface area contributed by atoms with E-state index in [-0.39, 0.29) is 47.3 Å². The van der Waals surface area contributed by atoms with Gasteiger partial charge in [0.05, 0.1) is 16.1 Å². The lowest BCUT2D eigenvalue weighted by Crippen LogP contribution is -2.47. The standard InChI is InChI=1S/C30H39Cl2N3O4/c1-30(9-10-30)28(37)34-11-7-19(8-12-34)27(36)35-16-22(20-5-6-23(31)24(32)15-20)25(17-35)33(2)29(38)39-26-14-18-3-4-21(26)13-18/h5-6,15,18-19,21-22,25-26H,3-4,7-14,16-17H2,1-2H3/t18?,21-,22+,25-,26-/m1/s1. The average Bonchev–Trinajstić information content (AvgIpc) is 3.29. The Morgan fingerprint density at radius 2 is 1.72 bits per heavy atom. The summed E-state index contributed by atoms with van der Waals surface area (Å²) in [5.41, 5.74) is 0.783. The highest BCUT2D eigenvalue weighted by Gasteiger charge is 2.49. The number of likely N-dealkylation sites (N-methyl/N-ethyl adjacent to an activating group) is 1. The lowest BCUT2D eigenvalue weighted by molar-refractivity contribution is -0.142. The van der Waals surface area contributed by atoms with E-state index in [1.807, 2.05) is 28.9 Å². The molecule has 3 amide bonds. The van der Waals surface area contributed by atoms with Crippen LogP contribution >= 0.6 is 23.2 Å². The summed E-state index contributed by atoms with van der Waals surface area (Å²) in [4.78, 5) is 45.4. The molecule has 9 heteroatoms. The molecule has 2 aliphatic heterocycles. The van der Waals surface area contributed by atoms with Crippen LogP contribution in [0.4, 0.5) is 4.79 Å². The van der Waals surface area contributed by atoms with Crippen molar-refractivity contribution >= 4 is 41.1 Å². The molecule has 6 rings (SSSR count).